The second-order valence-electron chi connectivity index (χ2n) is 2.81. The molecule has 0 aliphatic rings. The first-order valence-corrected chi connectivity index (χ1v) is 4.48. The van der Waals surface area contributed by atoms with Gasteiger partial charge < -0.3 is 4.74 Å². The van der Waals surface area contributed by atoms with E-state index in [-0.39, 0.29) is 18.6 Å². The third kappa shape index (κ3) is 5.24. The zero-order valence-corrected chi connectivity index (χ0v) is 8.65. The number of hydrogen-bond donors (Lipinski definition) is 0. The van der Waals surface area contributed by atoms with Crippen LogP contribution in [0.2, 0.25) is 0 Å². The van der Waals surface area contributed by atoms with Gasteiger partial charge in [-0.1, -0.05) is 20.4 Å². The Hall–Kier alpha value is -1.26. The van der Waals surface area contributed by atoms with E-state index in [9.17, 15) is 18.0 Å². The Morgan fingerprint density at radius 1 is 1.33 bits per heavy atom. The fraction of sp³-hybridized carbons (Fsp3) is 0.500. The van der Waals surface area contributed by atoms with Crippen LogP contribution in [0.3, 0.4) is 0 Å². The number of ether oxygens (including phenoxy) is 1. The summed E-state index contributed by atoms with van der Waals surface area (Å²) in [6.45, 7) is 6.14. The number of allylic oxidation sites excluding steroid dienone is 2. The van der Waals surface area contributed by atoms with Crippen LogP contribution in [0.25, 0.3) is 0 Å². The van der Waals surface area contributed by atoms with Gasteiger partial charge in [0.15, 0.2) is 0 Å². The second kappa shape index (κ2) is 5.58. The van der Waals surface area contributed by atoms with Crippen molar-refractivity contribution in [1.29, 1.82) is 0 Å². The number of alkyl halides is 3. The SMILES string of the molecule is C=C(/C=C(/CC)C(F)(F)F)OC(=O)CC. The molecule has 0 rings (SSSR count). The number of carbonyl (C=O) groups excluding carboxylic acids is 1. The van der Waals surface area contributed by atoms with E-state index in [1.54, 1.807) is 6.92 Å². The van der Waals surface area contributed by atoms with Gasteiger partial charge >= 0.3 is 12.1 Å². The van der Waals surface area contributed by atoms with Crippen molar-refractivity contribution in [1.82, 2.24) is 0 Å². The summed E-state index contributed by atoms with van der Waals surface area (Å²) in [7, 11) is 0. The third-order valence-corrected chi connectivity index (χ3v) is 1.61. The van der Waals surface area contributed by atoms with E-state index >= 15 is 0 Å². The molecule has 0 aromatic heterocycles. The van der Waals surface area contributed by atoms with Gasteiger partial charge in [-0.2, -0.15) is 13.2 Å². The van der Waals surface area contributed by atoms with Crippen molar-refractivity contribution < 1.29 is 22.7 Å². The van der Waals surface area contributed by atoms with Crippen LogP contribution in [-0.4, -0.2) is 12.1 Å². The van der Waals surface area contributed by atoms with Gasteiger partial charge in [-0.3, -0.25) is 4.79 Å². The van der Waals surface area contributed by atoms with Crippen molar-refractivity contribution >= 4 is 5.97 Å². The highest BCUT2D eigenvalue weighted by Gasteiger charge is 2.32. The first kappa shape index (κ1) is 13.7. The van der Waals surface area contributed by atoms with Crippen LogP contribution in [-0.2, 0) is 9.53 Å². The zero-order chi connectivity index (χ0) is 12.1. The fourth-order valence-corrected chi connectivity index (χ4v) is 0.827. The normalized spacial score (nSPS) is 12.5. The van der Waals surface area contributed by atoms with Gasteiger partial charge in [0.05, 0.1) is 0 Å². The fourth-order valence-electron chi connectivity index (χ4n) is 0.827. The average Bonchev–Trinajstić information content (AvgIpc) is 2.12. The summed E-state index contributed by atoms with van der Waals surface area (Å²) in [6.07, 6.45) is -3.75. The Balaban J connectivity index is 4.58. The molecule has 0 heterocycles. The molecule has 2 nitrogen and oxygen atoms in total. The Labute approximate surface area is 86.4 Å². The van der Waals surface area contributed by atoms with E-state index < -0.39 is 17.7 Å². The van der Waals surface area contributed by atoms with Crippen molar-refractivity contribution in [2.45, 2.75) is 32.9 Å². The van der Waals surface area contributed by atoms with Crippen LogP contribution >= 0.6 is 0 Å². The van der Waals surface area contributed by atoms with Gasteiger partial charge in [-0.15, -0.1) is 0 Å². The van der Waals surface area contributed by atoms with Crippen LogP contribution in [0, 0.1) is 0 Å². The largest absolute Gasteiger partial charge is 0.427 e. The molecule has 15 heavy (non-hydrogen) atoms. The highest BCUT2D eigenvalue weighted by Crippen LogP contribution is 2.28. The molecule has 0 aromatic rings. The van der Waals surface area contributed by atoms with E-state index in [2.05, 4.69) is 11.3 Å². The molecule has 0 bridgehead atoms. The molecule has 0 atom stereocenters. The van der Waals surface area contributed by atoms with Crippen molar-refractivity contribution in [3.8, 4) is 0 Å². The smallest absolute Gasteiger partial charge is 0.412 e. The van der Waals surface area contributed by atoms with E-state index in [0.29, 0.717) is 0 Å². The van der Waals surface area contributed by atoms with Gasteiger partial charge in [0.2, 0.25) is 0 Å². The zero-order valence-electron chi connectivity index (χ0n) is 8.65. The molecule has 0 unspecified atom stereocenters. The van der Waals surface area contributed by atoms with E-state index in [1.807, 2.05) is 0 Å². The molecule has 0 amide bonds. The first-order chi connectivity index (χ1) is 6.81. The van der Waals surface area contributed by atoms with Gasteiger partial charge in [0, 0.05) is 12.0 Å². The standard InChI is InChI=1S/C10H13F3O2/c1-4-8(10(11,12)13)6-7(3)15-9(14)5-2/h6H,3-5H2,1-2H3/b8-6-. The van der Waals surface area contributed by atoms with Gasteiger partial charge in [-0.05, 0) is 12.5 Å². The maximum Gasteiger partial charge on any atom is 0.412 e. The summed E-state index contributed by atoms with van der Waals surface area (Å²) in [5.74, 6) is -0.884. The quantitative estimate of drug-likeness (QED) is 0.414. The van der Waals surface area contributed by atoms with Crippen LogP contribution in [0.5, 0.6) is 0 Å². The van der Waals surface area contributed by atoms with Crippen LogP contribution in [0.15, 0.2) is 24.0 Å². The van der Waals surface area contributed by atoms with E-state index in [0.717, 1.165) is 6.08 Å². The van der Waals surface area contributed by atoms with Gasteiger partial charge in [0.1, 0.15) is 5.76 Å². The monoisotopic (exact) mass is 222 g/mol. The molecule has 0 saturated heterocycles. The lowest BCUT2D eigenvalue weighted by Crippen LogP contribution is -2.12. The maximum atomic E-state index is 12.3. The minimum atomic E-state index is -4.41. The predicted molar refractivity (Wildman–Crippen MR) is 50.0 cm³/mol. The third-order valence-electron chi connectivity index (χ3n) is 1.61. The Bertz CT molecular complexity index is 277. The van der Waals surface area contributed by atoms with Crippen LogP contribution in [0.1, 0.15) is 26.7 Å². The van der Waals surface area contributed by atoms with Crippen molar-refractivity contribution in [2.75, 3.05) is 0 Å². The molecule has 0 saturated carbocycles. The summed E-state index contributed by atoms with van der Waals surface area (Å²) in [5.41, 5.74) is -0.767. The van der Waals surface area contributed by atoms with Crippen molar-refractivity contribution in [3.05, 3.63) is 24.0 Å². The number of carbonyl (C=O) groups is 1. The van der Waals surface area contributed by atoms with E-state index in [1.165, 1.54) is 6.92 Å². The highest BCUT2D eigenvalue weighted by atomic mass is 19.4. The molecule has 0 aliphatic heterocycles. The molecule has 86 valence electrons. The van der Waals surface area contributed by atoms with Crippen molar-refractivity contribution in [2.24, 2.45) is 0 Å². The molecule has 0 aliphatic carbocycles. The molecule has 5 heteroatoms. The highest BCUT2D eigenvalue weighted by molar-refractivity contribution is 5.70. The van der Waals surface area contributed by atoms with Gasteiger partial charge in [0.25, 0.3) is 0 Å². The molecule has 0 radical (unpaired) electrons. The summed E-state index contributed by atoms with van der Waals surface area (Å²) in [4.78, 5) is 10.7. The van der Waals surface area contributed by atoms with E-state index in [4.69, 9.17) is 0 Å². The molecular weight excluding hydrogens is 209 g/mol. The minimum absolute atomic E-state index is 0.0976. The number of halogens is 3. The lowest BCUT2D eigenvalue weighted by molar-refractivity contribution is -0.138. The topological polar surface area (TPSA) is 26.3 Å². The molecule has 0 N–H and O–H groups in total. The van der Waals surface area contributed by atoms with Crippen molar-refractivity contribution in [3.63, 3.8) is 0 Å². The lowest BCUT2D eigenvalue weighted by atomic mass is 10.2. The van der Waals surface area contributed by atoms with Gasteiger partial charge in [-0.25, -0.2) is 0 Å². The predicted octanol–water partition coefficient (Wildman–Crippen LogP) is 3.35. The Morgan fingerprint density at radius 2 is 1.87 bits per heavy atom. The second-order valence-corrected chi connectivity index (χ2v) is 2.81. The summed E-state index contributed by atoms with van der Waals surface area (Å²) in [5, 5.41) is 0. The number of hydrogen-bond acceptors (Lipinski definition) is 2. The molecule has 0 fully saturated rings. The first-order valence-electron chi connectivity index (χ1n) is 4.48. The molecule has 0 aromatic carbocycles. The molecular formula is C10H13F3O2. The number of rotatable bonds is 4. The maximum absolute atomic E-state index is 12.3. The summed E-state index contributed by atoms with van der Waals surface area (Å²) < 4.78 is 41.3. The van der Waals surface area contributed by atoms with Crippen LogP contribution in [0.4, 0.5) is 13.2 Å². The summed E-state index contributed by atoms with van der Waals surface area (Å²) in [6, 6.07) is 0. The Morgan fingerprint density at radius 3 is 2.20 bits per heavy atom. The van der Waals surface area contributed by atoms with Crippen LogP contribution < -0.4 is 0 Å². The lowest BCUT2D eigenvalue weighted by Gasteiger charge is -2.10. The average molecular weight is 222 g/mol. The number of esters is 1. The summed E-state index contributed by atoms with van der Waals surface area (Å²) >= 11 is 0. The minimum Gasteiger partial charge on any atom is -0.427 e. The molecule has 0 spiro atoms. The Kier molecular flexibility index (Phi) is 5.11.